The predicted octanol–water partition coefficient (Wildman–Crippen LogP) is 4.05. The van der Waals surface area contributed by atoms with E-state index in [-0.39, 0.29) is 35.0 Å². The molecule has 0 radical (unpaired) electrons. The number of hydrogen-bond donors (Lipinski definition) is 3. The Morgan fingerprint density at radius 3 is 2.42 bits per heavy atom. The molecule has 0 unspecified atom stereocenters. The van der Waals surface area contributed by atoms with Gasteiger partial charge in [0.2, 0.25) is 0 Å². The van der Waals surface area contributed by atoms with Crippen LogP contribution in [-0.4, -0.2) is 41.4 Å². The van der Waals surface area contributed by atoms with E-state index < -0.39 is 18.0 Å². The highest BCUT2D eigenvalue weighted by atomic mass is 16.5. The van der Waals surface area contributed by atoms with Crippen LogP contribution in [-0.2, 0) is 6.42 Å². The zero-order valence-electron chi connectivity index (χ0n) is 18.2. The van der Waals surface area contributed by atoms with Gasteiger partial charge < -0.3 is 29.5 Å². The first-order valence-electron chi connectivity index (χ1n) is 10.3. The first-order valence-corrected chi connectivity index (χ1v) is 10.3. The number of hydrogen-bond acceptors (Lipinski definition) is 7. The summed E-state index contributed by atoms with van der Waals surface area (Å²) >= 11 is 0. The van der Waals surface area contributed by atoms with Crippen LogP contribution in [0.2, 0.25) is 0 Å². The number of ketones is 1. The van der Waals surface area contributed by atoms with Gasteiger partial charge in [0.1, 0.15) is 28.9 Å². The van der Waals surface area contributed by atoms with Crippen molar-refractivity contribution in [2.45, 2.75) is 18.6 Å². The van der Waals surface area contributed by atoms with Crippen LogP contribution in [0.5, 0.6) is 28.7 Å². The first-order chi connectivity index (χ1) is 15.9. The van der Waals surface area contributed by atoms with Gasteiger partial charge in [0.05, 0.1) is 20.3 Å². The highest BCUT2D eigenvalue weighted by Gasteiger charge is 2.36. The molecule has 0 spiro atoms. The van der Waals surface area contributed by atoms with Gasteiger partial charge >= 0.3 is 0 Å². The fraction of sp³-hybridized carbons (Fsp3) is 0.192. The van der Waals surface area contributed by atoms with E-state index >= 15 is 0 Å². The Morgan fingerprint density at radius 1 is 1.00 bits per heavy atom. The van der Waals surface area contributed by atoms with Gasteiger partial charge in [-0.3, -0.25) is 4.79 Å². The standard InChI is InChI=1S/C26H24O7/c1-31-22-14-20(29)24(19(28)10-8-15-6-4-3-5-7-15)26-17(22)13-21(30)25(33-26)16-9-11-18(27)23(12-16)32-2/h3-12,14,21,25,27,29-30H,13H2,1-2H3/b10-8+/t21-,25-/m1/s1. The summed E-state index contributed by atoms with van der Waals surface area (Å²) in [6.45, 7) is 0. The fourth-order valence-electron chi connectivity index (χ4n) is 3.91. The second-order valence-corrected chi connectivity index (χ2v) is 7.63. The van der Waals surface area contributed by atoms with Crippen molar-refractivity contribution >= 4 is 11.9 Å². The lowest BCUT2D eigenvalue weighted by Crippen LogP contribution is -2.31. The summed E-state index contributed by atoms with van der Waals surface area (Å²) in [5, 5.41) is 31.4. The molecule has 3 aromatic rings. The number of aromatic hydroxyl groups is 2. The van der Waals surface area contributed by atoms with E-state index in [9.17, 15) is 20.1 Å². The van der Waals surface area contributed by atoms with E-state index in [1.54, 1.807) is 18.2 Å². The van der Waals surface area contributed by atoms with E-state index in [2.05, 4.69) is 0 Å². The molecule has 0 fully saturated rings. The van der Waals surface area contributed by atoms with Gasteiger partial charge in [-0.25, -0.2) is 0 Å². The van der Waals surface area contributed by atoms with E-state index in [4.69, 9.17) is 14.2 Å². The Labute approximate surface area is 191 Å². The first kappa shape index (κ1) is 22.2. The van der Waals surface area contributed by atoms with E-state index in [1.807, 2.05) is 30.3 Å². The fourth-order valence-corrected chi connectivity index (χ4v) is 3.91. The predicted molar refractivity (Wildman–Crippen MR) is 122 cm³/mol. The number of rotatable bonds is 6. The quantitative estimate of drug-likeness (QED) is 0.386. The van der Waals surface area contributed by atoms with Crippen molar-refractivity contribution in [3.63, 3.8) is 0 Å². The lowest BCUT2D eigenvalue weighted by atomic mass is 9.91. The minimum Gasteiger partial charge on any atom is -0.507 e. The summed E-state index contributed by atoms with van der Waals surface area (Å²) < 4.78 is 16.6. The molecule has 33 heavy (non-hydrogen) atoms. The van der Waals surface area contributed by atoms with E-state index in [0.717, 1.165) is 5.56 Å². The molecule has 7 nitrogen and oxygen atoms in total. The third kappa shape index (κ3) is 4.36. The van der Waals surface area contributed by atoms with Crippen LogP contribution in [0.4, 0.5) is 0 Å². The van der Waals surface area contributed by atoms with Gasteiger partial charge in [-0.1, -0.05) is 42.5 Å². The molecule has 0 aromatic heterocycles. The van der Waals surface area contributed by atoms with Crippen LogP contribution in [0.1, 0.15) is 33.2 Å². The number of carbonyl (C=O) groups excluding carboxylic acids is 1. The molecule has 3 aromatic carbocycles. The van der Waals surface area contributed by atoms with Crippen molar-refractivity contribution in [2.75, 3.05) is 14.2 Å². The molecule has 3 N–H and O–H groups in total. The molecule has 1 aliphatic rings. The molecule has 170 valence electrons. The number of ether oxygens (including phenoxy) is 3. The van der Waals surface area contributed by atoms with Crippen molar-refractivity contribution in [1.29, 1.82) is 0 Å². The Morgan fingerprint density at radius 2 is 1.73 bits per heavy atom. The number of benzene rings is 3. The van der Waals surface area contributed by atoms with Crippen LogP contribution in [0.15, 0.2) is 60.7 Å². The molecule has 0 saturated heterocycles. The smallest absolute Gasteiger partial charge is 0.193 e. The number of phenols is 2. The van der Waals surface area contributed by atoms with Crippen LogP contribution >= 0.6 is 0 Å². The van der Waals surface area contributed by atoms with E-state index in [0.29, 0.717) is 16.9 Å². The van der Waals surface area contributed by atoms with Crippen LogP contribution in [0, 0.1) is 0 Å². The number of phenolic OH excluding ortho intramolecular Hbond substituents is 2. The number of aliphatic hydroxyl groups excluding tert-OH is 1. The normalized spacial score (nSPS) is 17.3. The van der Waals surface area contributed by atoms with Gasteiger partial charge in [-0.2, -0.15) is 0 Å². The van der Waals surface area contributed by atoms with E-state index in [1.165, 1.54) is 32.4 Å². The maximum absolute atomic E-state index is 13.1. The zero-order chi connectivity index (χ0) is 23.5. The molecule has 0 amide bonds. The van der Waals surface area contributed by atoms with Gasteiger partial charge in [0.25, 0.3) is 0 Å². The summed E-state index contributed by atoms with van der Waals surface area (Å²) in [4.78, 5) is 13.1. The molecule has 0 bridgehead atoms. The largest absolute Gasteiger partial charge is 0.507 e. The monoisotopic (exact) mass is 448 g/mol. The zero-order valence-corrected chi connectivity index (χ0v) is 18.2. The van der Waals surface area contributed by atoms with Gasteiger partial charge in [-0.05, 0) is 29.3 Å². The Bertz CT molecular complexity index is 1200. The highest BCUT2D eigenvalue weighted by Crippen LogP contribution is 2.46. The molecular weight excluding hydrogens is 424 g/mol. The topological polar surface area (TPSA) is 105 Å². The van der Waals surface area contributed by atoms with Gasteiger partial charge in [0.15, 0.2) is 17.3 Å². The Balaban J connectivity index is 1.76. The highest BCUT2D eigenvalue weighted by molar-refractivity contribution is 6.11. The van der Waals surface area contributed by atoms with Crippen LogP contribution in [0.25, 0.3) is 6.08 Å². The summed E-state index contributed by atoms with van der Waals surface area (Å²) in [6, 6.07) is 15.3. The summed E-state index contributed by atoms with van der Waals surface area (Å²) in [6.07, 6.45) is 1.33. The minimum atomic E-state index is -0.965. The summed E-state index contributed by atoms with van der Waals surface area (Å²) in [7, 11) is 2.86. The third-order valence-electron chi connectivity index (χ3n) is 5.56. The lowest BCUT2D eigenvalue weighted by molar-refractivity contribution is 0.0190. The second kappa shape index (κ2) is 9.26. The second-order valence-electron chi connectivity index (χ2n) is 7.63. The minimum absolute atomic E-state index is 0.0133. The molecule has 1 aliphatic heterocycles. The number of methoxy groups -OCH3 is 2. The maximum Gasteiger partial charge on any atom is 0.193 e. The van der Waals surface area contributed by atoms with Crippen LogP contribution in [0.3, 0.4) is 0 Å². The Kier molecular flexibility index (Phi) is 6.24. The summed E-state index contributed by atoms with van der Waals surface area (Å²) in [5.74, 6) is -0.0953. The average Bonchev–Trinajstić information content (AvgIpc) is 2.83. The SMILES string of the molecule is COc1cc([C@H]2Oc3c(c(OC)cc(O)c3C(=O)/C=C/c3ccccc3)C[C@H]2O)ccc1O. The summed E-state index contributed by atoms with van der Waals surface area (Å²) in [5.41, 5.74) is 1.85. The lowest BCUT2D eigenvalue weighted by Gasteiger charge is -2.33. The molecule has 7 heteroatoms. The van der Waals surface area contributed by atoms with Crippen molar-refractivity contribution in [2.24, 2.45) is 0 Å². The number of allylic oxidation sites excluding steroid dienone is 1. The van der Waals surface area contributed by atoms with Gasteiger partial charge in [-0.15, -0.1) is 0 Å². The van der Waals surface area contributed by atoms with Crippen molar-refractivity contribution < 1.29 is 34.3 Å². The van der Waals surface area contributed by atoms with Crippen molar-refractivity contribution in [3.8, 4) is 28.7 Å². The molecular formula is C26H24O7. The average molecular weight is 448 g/mol. The Hall–Kier alpha value is -3.97. The third-order valence-corrected chi connectivity index (χ3v) is 5.56. The van der Waals surface area contributed by atoms with Crippen molar-refractivity contribution in [3.05, 3.63) is 82.9 Å². The number of carbonyl (C=O) groups is 1. The van der Waals surface area contributed by atoms with Crippen LogP contribution < -0.4 is 14.2 Å². The molecule has 4 rings (SSSR count). The molecule has 0 aliphatic carbocycles. The number of aliphatic hydroxyl groups is 1. The van der Waals surface area contributed by atoms with Gasteiger partial charge in [0, 0.05) is 18.1 Å². The maximum atomic E-state index is 13.1. The van der Waals surface area contributed by atoms with Crippen molar-refractivity contribution in [1.82, 2.24) is 0 Å². The molecule has 1 heterocycles. The molecule has 0 saturated carbocycles. The molecule has 2 atom stereocenters. The number of fused-ring (bicyclic) bond motifs is 1.